The van der Waals surface area contributed by atoms with Crippen LogP contribution < -0.4 is 14.2 Å². The lowest BCUT2D eigenvalue weighted by atomic mass is 9.77. The maximum atomic E-state index is 14.6. The molecule has 0 atom stereocenters. The fraction of sp³-hybridized carbons (Fsp3) is 0.280. The quantitative estimate of drug-likeness (QED) is 0.327. The second-order valence-corrected chi connectivity index (χ2v) is 11.0. The minimum atomic E-state index is -3.67. The van der Waals surface area contributed by atoms with Crippen LogP contribution in [0, 0.1) is 17.1 Å². The maximum Gasteiger partial charge on any atom is 0.231 e. The lowest BCUT2D eigenvalue weighted by Crippen LogP contribution is -2.19. The molecule has 3 aromatic rings. The summed E-state index contributed by atoms with van der Waals surface area (Å²) in [5, 5.41) is 9.91. The van der Waals surface area contributed by atoms with Crippen molar-refractivity contribution in [2.24, 2.45) is 0 Å². The van der Waals surface area contributed by atoms with Gasteiger partial charge in [-0.25, -0.2) is 17.8 Å². The Morgan fingerprint density at radius 1 is 1.14 bits per heavy atom. The Morgan fingerprint density at radius 3 is 2.44 bits per heavy atom. The van der Waals surface area contributed by atoms with Crippen molar-refractivity contribution in [3.05, 3.63) is 81.8 Å². The van der Waals surface area contributed by atoms with Crippen molar-refractivity contribution in [1.29, 1.82) is 5.26 Å². The number of aromatic nitrogens is 1. The summed E-state index contributed by atoms with van der Waals surface area (Å²) in [7, 11) is -3.67. The highest BCUT2D eigenvalue weighted by Gasteiger charge is 2.26. The number of hydrogen-bond donors (Lipinski definition) is 1. The smallest absolute Gasteiger partial charge is 0.231 e. The van der Waals surface area contributed by atoms with E-state index in [9.17, 15) is 18.1 Å². The van der Waals surface area contributed by atoms with E-state index < -0.39 is 21.3 Å². The van der Waals surface area contributed by atoms with Crippen LogP contribution in [0.25, 0.3) is 0 Å². The number of ether oxygens (including phenoxy) is 2. The average molecular weight is 552 g/mol. The molecule has 0 fully saturated rings. The van der Waals surface area contributed by atoms with Gasteiger partial charge in [0, 0.05) is 17.2 Å². The minimum absolute atomic E-state index is 0.125. The van der Waals surface area contributed by atoms with Crippen molar-refractivity contribution >= 4 is 39.0 Å². The highest BCUT2D eigenvalue weighted by molar-refractivity contribution is 7.92. The number of halogens is 3. The molecular formula is C25H24Cl2FN3O4S. The number of nitriles is 1. The molecule has 36 heavy (non-hydrogen) atoms. The molecule has 190 valence electrons. The van der Waals surface area contributed by atoms with Gasteiger partial charge in [-0.05, 0) is 41.5 Å². The maximum absolute atomic E-state index is 14.6. The number of rotatable bonds is 10. The van der Waals surface area contributed by atoms with Crippen LogP contribution in [0.4, 0.5) is 10.2 Å². The lowest BCUT2D eigenvalue weighted by Gasteiger charge is -2.27. The zero-order valence-corrected chi connectivity index (χ0v) is 22.1. The number of hydrogen-bond acceptors (Lipinski definition) is 6. The molecule has 0 unspecified atom stereocenters. The van der Waals surface area contributed by atoms with Gasteiger partial charge >= 0.3 is 0 Å². The summed E-state index contributed by atoms with van der Waals surface area (Å²) in [5.74, 6) is -0.116. The van der Waals surface area contributed by atoms with Gasteiger partial charge in [-0.3, -0.25) is 4.72 Å². The van der Waals surface area contributed by atoms with Crippen molar-refractivity contribution in [3.8, 4) is 17.6 Å². The minimum Gasteiger partial charge on any atom is -0.489 e. The van der Waals surface area contributed by atoms with Crippen molar-refractivity contribution in [2.75, 3.05) is 23.5 Å². The van der Waals surface area contributed by atoms with E-state index in [1.54, 1.807) is 24.3 Å². The molecule has 0 aliphatic rings. The van der Waals surface area contributed by atoms with Crippen LogP contribution in [-0.2, 0) is 22.0 Å². The summed E-state index contributed by atoms with van der Waals surface area (Å²) in [4.78, 5) is 3.72. The van der Waals surface area contributed by atoms with Crippen LogP contribution in [0.1, 0.15) is 36.1 Å². The largest absolute Gasteiger partial charge is 0.489 e. The molecule has 7 nitrogen and oxygen atoms in total. The predicted octanol–water partition coefficient (Wildman–Crippen LogP) is 5.64. The fourth-order valence-corrected chi connectivity index (χ4v) is 4.31. The molecule has 0 saturated heterocycles. The molecule has 1 aromatic heterocycles. The summed E-state index contributed by atoms with van der Waals surface area (Å²) in [6.45, 7) is 4.11. The first-order valence-electron chi connectivity index (χ1n) is 10.7. The number of anilines is 1. The number of sulfonamides is 1. The van der Waals surface area contributed by atoms with Gasteiger partial charge in [-0.15, -0.1) is 11.6 Å². The van der Waals surface area contributed by atoms with Gasteiger partial charge in [0.1, 0.15) is 25.0 Å². The van der Waals surface area contributed by atoms with E-state index in [1.807, 2.05) is 30.7 Å². The molecule has 2 aromatic carbocycles. The molecule has 0 saturated carbocycles. The Balaban J connectivity index is 1.78. The standard InChI is InChI=1S/C25H24Cl2FN3O4S/c1-25(2,19-12-17(14-29)23(21(27)13-19)34-11-9-26)18-4-6-20(7-5-18)35-15-16-8-10-30-24(22(16)28)31-36(3,32)33/h4-8,10,12-13H,9,11,15H2,1-3H3,(H,30,31). The average Bonchev–Trinajstić information content (AvgIpc) is 2.82. The van der Waals surface area contributed by atoms with Crippen LogP contribution in [0.3, 0.4) is 0 Å². The van der Waals surface area contributed by atoms with Crippen molar-refractivity contribution in [3.63, 3.8) is 0 Å². The highest BCUT2D eigenvalue weighted by Crippen LogP contribution is 2.38. The zero-order valence-electron chi connectivity index (χ0n) is 19.8. The number of nitrogens with zero attached hydrogens (tertiary/aromatic N) is 2. The second-order valence-electron chi connectivity index (χ2n) is 8.43. The van der Waals surface area contributed by atoms with Crippen LogP contribution in [0.5, 0.6) is 11.5 Å². The highest BCUT2D eigenvalue weighted by atomic mass is 35.5. The molecule has 0 bridgehead atoms. The number of pyridine rings is 1. The SMILES string of the molecule is CC(C)(c1ccc(OCc2ccnc(NS(C)(=O)=O)c2F)cc1)c1cc(Cl)c(OCCCl)c(C#N)c1. The van der Waals surface area contributed by atoms with Crippen molar-refractivity contribution < 1.29 is 22.3 Å². The number of benzene rings is 2. The predicted molar refractivity (Wildman–Crippen MR) is 138 cm³/mol. The van der Waals surface area contributed by atoms with Crippen LogP contribution >= 0.6 is 23.2 Å². The molecule has 0 radical (unpaired) electrons. The van der Waals surface area contributed by atoms with Gasteiger partial charge in [0.25, 0.3) is 0 Å². The summed E-state index contributed by atoms with van der Waals surface area (Å²) < 4.78 is 50.6. The van der Waals surface area contributed by atoms with E-state index in [0.29, 0.717) is 22.1 Å². The van der Waals surface area contributed by atoms with Gasteiger partial charge in [-0.1, -0.05) is 37.6 Å². The van der Waals surface area contributed by atoms with Gasteiger partial charge in [0.2, 0.25) is 10.0 Å². The van der Waals surface area contributed by atoms with E-state index in [0.717, 1.165) is 17.4 Å². The molecule has 0 aliphatic carbocycles. The fourth-order valence-electron chi connectivity index (χ4n) is 3.46. The summed E-state index contributed by atoms with van der Waals surface area (Å²) in [6.07, 6.45) is 2.21. The van der Waals surface area contributed by atoms with E-state index in [1.165, 1.54) is 12.3 Å². The molecule has 11 heteroatoms. The molecule has 0 amide bonds. The Kier molecular flexibility index (Phi) is 8.67. The molecule has 0 spiro atoms. The molecule has 3 rings (SSSR count). The summed E-state index contributed by atoms with van der Waals surface area (Å²) >= 11 is 12.1. The van der Waals surface area contributed by atoms with Gasteiger partial charge in [-0.2, -0.15) is 5.26 Å². The van der Waals surface area contributed by atoms with Crippen molar-refractivity contribution in [2.45, 2.75) is 25.9 Å². The van der Waals surface area contributed by atoms with Crippen molar-refractivity contribution in [1.82, 2.24) is 4.98 Å². The zero-order chi connectivity index (χ0) is 26.5. The number of nitrogens with one attached hydrogen (secondary N) is 1. The Morgan fingerprint density at radius 2 is 1.83 bits per heavy atom. The van der Waals surface area contributed by atoms with E-state index in [2.05, 4.69) is 11.1 Å². The normalized spacial score (nSPS) is 11.6. The van der Waals surface area contributed by atoms with E-state index >= 15 is 0 Å². The first kappa shape index (κ1) is 27.5. The molecule has 0 aliphatic heterocycles. The van der Waals surface area contributed by atoms with E-state index in [-0.39, 0.29) is 30.5 Å². The third kappa shape index (κ3) is 6.58. The van der Waals surface area contributed by atoms with Gasteiger partial charge in [0.05, 0.1) is 22.7 Å². The second kappa shape index (κ2) is 11.3. The van der Waals surface area contributed by atoms with Crippen LogP contribution in [0.15, 0.2) is 48.7 Å². The monoisotopic (exact) mass is 551 g/mol. The topological polar surface area (TPSA) is 101 Å². The van der Waals surface area contributed by atoms with E-state index in [4.69, 9.17) is 32.7 Å². The Hall–Kier alpha value is -3.06. The van der Waals surface area contributed by atoms with Crippen LogP contribution in [-0.4, -0.2) is 32.1 Å². The Bertz CT molecular complexity index is 1390. The van der Waals surface area contributed by atoms with Gasteiger partial charge < -0.3 is 9.47 Å². The Labute approximate surface area is 219 Å². The third-order valence-corrected chi connectivity index (χ3v) is 6.43. The van der Waals surface area contributed by atoms with Crippen LogP contribution in [0.2, 0.25) is 5.02 Å². The lowest BCUT2D eigenvalue weighted by molar-refractivity contribution is 0.299. The molecular weight excluding hydrogens is 528 g/mol. The summed E-state index contributed by atoms with van der Waals surface area (Å²) in [5.41, 5.74) is 1.71. The number of alkyl halides is 1. The van der Waals surface area contributed by atoms with Gasteiger partial charge in [0.15, 0.2) is 17.4 Å². The first-order chi connectivity index (χ1) is 17.0. The summed E-state index contributed by atoms with van der Waals surface area (Å²) in [6, 6.07) is 14.3. The first-order valence-corrected chi connectivity index (χ1v) is 13.5. The third-order valence-electron chi connectivity index (χ3n) is 5.43. The molecule has 1 N–H and O–H groups in total. The molecule has 1 heterocycles.